The maximum Gasteiger partial charge on any atom is 0.272 e. The Kier molecular flexibility index (Phi) is 4.53. The molecule has 3 nitrogen and oxygen atoms in total. The number of benzene rings is 1. The third-order valence-electron chi connectivity index (χ3n) is 2.52. The summed E-state index contributed by atoms with van der Waals surface area (Å²) in [6.07, 6.45) is 0.594. The van der Waals surface area contributed by atoms with Gasteiger partial charge in [-0.05, 0) is 33.8 Å². The first-order valence-corrected chi connectivity index (χ1v) is 7.77. The van der Waals surface area contributed by atoms with E-state index in [1.165, 1.54) is 0 Å². The van der Waals surface area contributed by atoms with Crippen molar-refractivity contribution < 1.29 is 4.92 Å². The van der Waals surface area contributed by atoms with Gasteiger partial charge in [-0.3, -0.25) is 10.1 Å². The lowest BCUT2D eigenvalue weighted by Gasteiger charge is -2.09. The molecule has 1 atom stereocenters. The number of hydrogen-bond donors (Lipinski definition) is 0. The van der Waals surface area contributed by atoms with Gasteiger partial charge in [0.25, 0.3) is 5.69 Å². The zero-order valence-electron chi connectivity index (χ0n) is 9.18. The molecule has 0 aliphatic rings. The van der Waals surface area contributed by atoms with Crippen molar-refractivity contribution in [1.29, 1.82) is 0 Å². The molecule has 1 heterocycles. The summed E-state index contributed by atoms with van der Waals surface area (Å²) >= 11 is 8.70. The van der Waals surface area contributed by atoms with Crippen LogP contribution in [0, 0.1) is 10.1 Å². The molecule has 6 heteroatoms. The lowest BCUT2D eigenvalue weighted by Crippen LogP contribution is -1.99. The van der Waals surface area contributed by atoms with Gasteiger partial charge in [-0.2, -0.15) is 0 Å². The molecule has 0 fully saturated rings. The van der Waals surface area contributed by atoms with Crippen LogP contribution < -0.4 is 0 Å². The largest absolute Gasteiger partial charge is 0.272 e. The average Bonchev–Trinajstić information content (AvgIpc) is 2.76. The van der Waals surface area contributed by atoms with Gasteiger partial charge in [-0.15, -0.1) is 11.3 Å². The normalized spacial score (nSPS) is 12.3. The number of halogens is 2. The smallest absolute Gasteiger partial charge is 0.258 e. The van der Waals surface area contributed by atoms with Gasteiger partial charge >= 0.3 is 0 Å². The highest BCUT2D eigenvalue weighted by Gasteiger charge is 2.19. The van der Waals surface area contributed by atoms with Gasteiger partial charge in [-0.25, -0.2) is 0 Å². The highest BCUT2D eigenvalue weighted by Crippen LogP contribution is 2.37. The average molecular weight is 391 g/mol. The van der Waals surface area contributed by atoms with Crippen LogP contribution in [0.1, 0.15) is 15.3 Å². The van der Waals surface area contributed by atoms with Crippen molar-refractivity contribution in [3.8, 4) is 0 Å². The Hall–Kier alpha value is -0.720. The topological polar surface area (TPSA) is 43.1 Å². The van der Waals surface area contributed by atoms with Crippen LogP contribution in [0.4, 0.5) is 5.69 Å². The summed E-state index contributed by atoms with van der Waals surface area (Å²) in [5.74, 6) is 0. The number of nitrogens with zero attached hydrogens (tertiary/aromatic N) is 1. The second-order valence-corrected chi connectivity index (χ2v) is 6.60. The van der Waals surface area contributed by atoms with Crippen molar-refractivity contribution in [3.63, 3.8) is 0 Å². The Labute approximate surface area is 125 Å². The molecule has 18 heavy (non-hydrogen) atoms. The molecule has 0 N–H and O–H groups in total. The van der Waals surface area contributed by atoms with E-state index in [1.54, 1.807) is 29.5 Å². The first-order valence-electron chi connectivity index (χ1n) is 5.19. The molecule has 0 aliphatic carbocycles. The summed E-state index contributed by atoms with van der Waals surface area (Å²) in [4.78, 5) is 11.8. The van der Waals surface area contributed by atoms with E-state index in [0.717, 1.165) is 14.9 Å². The number of para-hydroxylation sites is 1. The van der Waals surface area contributed by atoms with Crippen LogP contribution in [0.5, 0.6) is 0 Å². The number of rotatable bonds is 4. The second kappa shape index (κ2) is 5.95. The fraction of sp³-hybridized carbons (Fsp3) is 0.167. The Bertz CT molecular complexity index is 571. The maximum absolute atomic E-state index is 10.9. The minimum atomic E-state index is -0.335. The van der Waals surface area contributed by atoms with E-state index in [0.29, 0.717) is 6.42 Å². The van der Waals surface area contributed by atoms with E-state index < -0.39 is 0 Å². The zero-order chi connectivity index (χ0) is 13.1. The predicted octanol–water partition coefficient (Wildman–Crippen LogP) is 5.10. The van der Waals surface area contributed by atoms with Crippen LogP contribution >= 0.6 is 43.2 Å². The minimum Gasteiger partial charge on any atom is -0.258 e. The van der Waals surface area contributed by atoms with Crippen molar-refractivity contribution in [1.82, 2.24) is 0 Å². The van der Waals surface area contributed by atoms with Gasteiger partial charge in [0.05, 0.1) is 9.75 Å². The molecular weight excluding hydrogens is 382 g/mol. The van der Waals surface area contributed by atoms with Crippen LogP contribution in [-0.4, -0.2) is 4.92 Å². The summed E-state index contributed by atoms with van der Waals surface area (Å²) in [6, 6.07) is 8.83. The summed E-state index contributed by atoms with van der Waals surface area (Å²) < 4.78 is 1.04. The molecule has 0 aliphatic heterocycles. The van der Waals surface area contributed by atoms with Crippen LogP contribution in [0.25, 0.3) is 0 Å². The zero-order valence-corrected chi connectivity index (χ0v) is 13.2. The molecule has 2 rings (SSSR count). The van der Waals surface area contributed by atoms with Crippen molar-refractivity contribution in [3.05, 3.63) is 60.7 Å². The van der Waals surface area contributed by atoms with E-state index in [9.17, 15) is 10.1 Å². The SMILES string of the molecule is O=[N+]([O-])c1ccccc1CC(Br)c1sccc1Br. The third-order valence-corrected chi connectivity index (χ3v) is 5.59. The first kappa shape index (κ1) is 13.7. The van der Waals surface area contributed by atoms with Gasteiger partial charge in [-0.1, -0.05) is 34.1 Å². The molecule has 2 aromatic rings. The Balaban J connectivity index is 2.25. The Morgan fingerprint density at radius 1 is 1.33 bits per heavy atom. The lowest BCUT2D eigenvalue weighted by atomic mass is 10.1. The summed E-state index contributed by atoms with van der Waals surface area (Å²) in [5, 5.41) is 12.9. The Morgan fingerprint density at radius 3 is 2.67 bits per heavy atom. The molecule has 1 aromatic heterocycles. The summed E-state index contributed by atoms with van der Waals surface area (Å²) in [7, 11) is 0. The van der Waals surface area contributed by atoms with Gasteiger partial charge in [0.2, 0.25) is 0 Å². The highest BCUT2D eigenvalue weighted by molar-refractivity contribution is 9.11. The van der Waals surface area contributed by atoms with Crippen LogP contribution in [0.15, 0.2) is 40.2 Å². The second-order valence-electron chi connectivity index (χ2n) is 3.69. The minimum absolute atomic E-state index is 0.0768. The van der Waals surface area contributed by atoms with E-state index in [4.69, 9.17) is 0 Å². The Morgan fingerprint density at radius 2 is 2.06 bits per heavy atom. The van der Waals surface area contributed by atoms with Gasteiger partial charge < -0.3 is 0 Å². The molecule has 0 bridgehead atoms. The van der Waals surface area contributed by atoms with E-state index in [2.05, 4.69) is 31.9 Å². The molecule has 1 unspecified atom stereocenters. The lowest BCUT2D eigenvalue weighted by molar-refractivity contribution is -0.385. The first-order chi connectivity index (χ1) is 8.59. The summed E-state index contributed by atoms with van der Waals surface area (Å²) in [5.41, 5.74) is 0.916. The predicted molar refractivity (Wildman–Crippen MR) is 80.5 cm³/mol. The van der Waals surface area contributed by atoms with Crippen molar-refractivity contribution >= 4 is 48.9 Å². The fourth-order valence-corrected chi connectivity index (χ4v) is 4.53. The number of hydrogen-bond acceptors (Lipinski definition) is 3. The van der Waals surface area contributed by atoms with E-state index >= 15 is 0 Å². The van der Waals surface area contributed by atoms with Gasteiger partial charge in [0.15, 0.2) is 0 Å². The quantitative estimate of drug-likeness (QED) is 0.414. The molecule has 1 aromatic carbocycles. The van der Waals surface area contributed by atoms with Crippen LogP contribution in [-0.2, 0) is 6.42 Å². The van der Waals surface area contributed by atoms with Gasteiger partial charge in [0, 0.05) is 21.0 Å². The fourth-order valence-electron chi connectivity index (χ4n) is 1.68. The maximum atomic E-state index is 10.9. The molecule has 94 valence electrons. The highest BCUT2D eigenvalue weighted by atomic mass is 79.9. The number of alkyl halides is 1. The van der Waals surface area contributed by atoms with Crippen LogP contribution in [0.2, 0.25) is 0 Å². The molecular formula is C12H9Br2NO2S. The number of thiophene rings is 1. The van der Waals surface area contributed by atoms with E-state index in [1.807, 2.05) is 17.5 Å². The van der Waals surface area contributed by atoms with E-state index in [-0.39, 0.29) is 15.4 Å². The number of nitro benzene ring substituents is 1. The molecule has 0 spiro atoms. The summed E-state index contributed by atoms with van der Waals surface area (Å²) in [6.45, 7) is 0. The monoisotopic (exact) mass is 389 g/mol. The van der Waals surface area contributed by atoms with Gasteiger partial charge in [0.1, 0.15) is 0 Å². The molecule has 0 radical (unpaired) electrons. The third kappa shape index (κ3) is 2.99. The van der Waals surface area contributed by atoms with Crippen molar-refractivity contribution in [2.24, 2.45) is 0 Å². The van der Waals surface area contributed by atoms with Crippen molar-refractivity contribution in [2.45, 2.75) is 11.2 Å². The standard InChI is InChI=1S/C12H9Br2NO2S/c13-9-5-6-18-12(9)10(14)7-8-3-1-2-4-11(8)15(16)17/h1-6,10H,7H2. The van der Waals surface area contributed by atoms with Crippen molar-refractivity contribution in [2.75, 3.05) is 0 Å². The molecule has 0 saturated carbocycles. The number of nitro groups is 1. The molecule has 0 saturated heterocycles. The molecule has 0 amide bonds. The van der Waals surface area contributed by atoms with Crippen LogP contribution in [0.3, 0.4) is 0 Å².